The van der Waals surface area contributed by atoms with Gasteiger partial charge >= 0.3 is 0 Å². The Morgan fingerprint density at radius 1 is 1.44 bits per heavy atom. The summed E-state index contributed by atoms with van der Waals surface area (Å²) in [5, 5.41) is 0. The number of halogens is 1. The maximum Gasteiger partial charge on any atom is 0.231 e. The van der Waals surface area contributed by atoms with E-state index in [4.69, 9.17) is 15.2 Å². The normalized spacial score (nSPS) is 26.8. The Kier molecular flexibility index (Phi) is 2.87. The third kappa shape index (κ3) is 1.83. The zero-order chi connectivity index (χ0) is 12.7. The summed E-state index contributed by atoms with van der Waals surface area (Å²) in [6.45, 7) is 1.73. The highest BCUT2D eigenvalue weighted by Crippen LogP contribution is 2.41. The maximum absolute atomic E-state index is 13.9. The fourth-order valence-corrected chi connectivity index (χ4v) is 2.85. The Balaban J connectivity index is 1.91. The third-order valence-corrected chi connectivity index (χ3v) is 3.80. The van der Waals surface area contributed by atoms with E-state index in [9.17, 15) is 4.39 Å². The van der Waals surface area contributed by atoms with Gasteiger partial charge < -0.3 is 15.2 Å². The van der Waals surface area contributed by atoms with Crippen molar-refractivity contribution in [2.24, 2.45) is 11.7 Å². The lowest BCUT2D eigenvalue weighted by Crippen LogP contribution is -2.20. The van der Waals surface area contributed by atoms with E-state index in [2.05, 4.69) is 4.90 Å². The van der Waals surface area contributed by atoms with Crippen LogP contribution in [-0.2, 0) is 0 Å². The van der Waals surface area contributed by atoms with E-state index in [1.54, 1.807) is 6.07 Å². The van der Waals surface area contributed by atoms with Gasteiger partial charge in [-0.1, -0.05) is 0 Å². The molecule has 5 heteroatoms. The number of hydrogen-bond donors (Lipinski definition) is 1. The van der Waals surface area contributed by atoms with Crippen LogP contribution in [-0.4, -0.2) is 31.8 Å². The number of ether oxygens (including phenoxy) is 2. The lowest BCUT2D eigenvalue weighted by atomic mass is 9.99. The second kappa shape index (κ2) is 4.40. The van der Waals surface area contributed by atoms with Gasteiger partial charge in [0.2, 0.25) is 12.5 Å². The van der Waals surface area contributed by atoms with Crippen LogP contribution in [0.2, 0.25) is 0 Å². The van der Waals surface area contributed by atoms with Gasteiger partial charge in [0.25, 0.3) is 0 Å². The largest absolute Gasteiger partial charge is 0.453 e. The van der Waals surface area contributed by atoms with Gasteiger partial charge in [0.05, 0.1) is 0 Å². The molecule has 0 bridgehead atoms. The smallest absolute Gasteiger partial charge is 0.231 e. The maximum atomic E-state index is 13.9. The number of rotatable bonds is 2. The molecule has 2 atom stereocenters. The fraction of sp³-hybridized carbons (Fsp3) is 0.538. The summed E-state index contributed by atoms with van der Waals surface area (Å²) in [5.41, 5.74) is 6.65. The number of fused-ring (bicyclic) bond motifs is 1. The van der Waals surface area contributed by atoms with E-state index < -0.39 is 0 Å². The molecule has 1 saturated heterocycles. The van der Waals surface area contributed by atoms with Crippen LogP contribution >= 0.6 is 0 Å². The highest BCUT2D eigenvalue weighted by Gasteiger charge is 2.31. The van der Waals surface area contributed by atoms with Crippen molar-refractivity contribution in [2.75, 3.05) is 26.9 Å². The van der Waals surface area contributed by atoms with Gasteiger partial charge in [0.1, 0.15) is 0 Å². The Morgan fingerprint density at radius 2 is 2.28 bits per heavy atom. The van der Waals surface area contributed by atoms with Crippen LogP contribution < -0.4 is 15.2 Å². The SMILES string of the molecule is CN1CC(CN)CC1c1cc(F)c2c(c1)OCO2. The van der Waals surface area contributed by atoms with Crippen molar-refractivity contribution in [2.45, 2.75) is 12.5 Å². The molecule has 0 amide bonds. The van der Waals surface area contributed by atoms with Gasteiger partial charge in [-0.3, -0.25) is 4.90 Å². The molecule has 0 aliphatic carbocycles. The summed E-state index contributed by atoms with van der Waals surface area (Å²) in [4.78, 5) is 2.22. The van der Waals surface area contributed by atoms with Crippen LogP contribution in [0.1, 0.15) is 18.0 Å². The summed E-state index contributed by atoms with van der Waals surface area (Å²) in [6.07, 6.45) is 0.964. The molecule has 2 aliphatic rings. The molecule has 2 heterocycles. The van der Waals surface area contributed by atoms with Crippen molar-refractivity contribution in [3.05, 3.63) is 23.5 Å². The number of hydrogen-bond acceptors (Lipinski definition) is 4. The Hall–Kier alpha value is -1.33. The Labute approximate surface area is 105 Å². The van der Waals surface area contributed by atoms with Crippen LogP contribution in [0.25, 0.3) is 0 Å². The van der Waals surface area contributed by atoms with Gasteiger partial charge in [-0.25, -0.2) is 4.39 Å². The molecule has 1 aromatic rings. The van der Waals surface area contributed by atoms with Crippen molar-refractivity contribution < 1.29 is 13.9 Å². The van der Waals surface area contributed by atoms with Crippen LogP contribution in [0.15, 0.2) is 12.1 Å². The van der Waals surface area contributed by atoms with Gasteiger partial charge in [0.15, 0.2) is 11.6 Å². The summed E-state index contributed by atoms with van der Waals surface area (Å²) in [5.74, 6) is 0.877. The predicted octanol–water partition coefficient (Wildman–Crippen LogP) is 1.51. The molecule has 2 N–H and O–H groups in total. The molecule has 3 rings (SSSR count). The molecule has 4 nitrogen and oxygen atoms in total. The lowest BCUT2D eigenvalue weighted by molar-refractivity contribution is 0.171. The number of nitrogens with zero attached hydrogens (tertiary/aromatic N) is 1. The highest BCUT2D eigenvalue weighted by molar-refractivity contribution is 5.46. The minimum absolute atomic E-state index is 0.0988. The first kappa shape index (κ1) is 11.7. The minimum Gasteiger partial charge on any atom is -0.453 e. The van der Waals surface area contributed by atoms with E-state index >= 15 is 0 Å². The lowest BCUT2D eigenvalue weighted by Gasteiger charge is -2.20. The van der Waals surface area contributed by atoms with Crippen LogP contribution in [0.5, 0.6) is 11.5 Å². The summed E-state index contributed by atoms with van der Waals surface area (Å²) in [7, 11) is 2.04. The van der Waals surface area contributed by atoms with Crippen molar-refractivity contribution in [3.63, 3.8) is 0 Å². The monoisotopic (exact) mass is 252 g/mol. The van der Waals surface area contributed by atoms with Crippen molar-refractivity contribution in [3.8, 4) is 11.5 Å². The highest BCUT2D eigenvalue weighted by atomic mass is 19.1. The molecule has 18 heavy (non-hydrogen) atoms. The summed E-state index contributed by atoms with van der Waals surface area (Å²) < 4.78 is 24.2. The Morgan fingerprint density at radius 3 is 3.00 bits per heavy atom. The molecule has 1 aromatic carbocycles. The predicted molar refractivity (Wildman–Crippen MR) is 65.1 cm³/mol. The molecular weight excluding hydrogens is 235 g/mol. The van der Waals surface area contributed by atoms with E-state index in [-0.39, 0.29) is 24.4 Å². The van der Waals surface area contributed by atoms with E-state index in [0.29, 0.717) is 18.2 Å². The Bertz CT molecular complexity index is 467. The number of likely N-dealkylation sites (tertiary alicyclic amines) is 1. The molecule has 2 aliphatic heterocycles. The number of nitrogens with two attached hydrogens (primary N) is 1. The first-order chi connectivity index (χ1) is 8.69. The third-order valence-electron chi connectivity index (χ3n) is 3.80. The fourth-order valence-electron chi connectivity index (χ4n) is 2.85. The summed E-state index contributed by atoms with van der Waals surface area (Å²) >= 11 is 0. The van der Waals surface area contributed by atoms with E-state index in [1.165, 1.54) is 0 Å². The quantitative estimate of drug-likeness (QED) is 0.866. The van der Waals surface area contributed by atoms with Gasteiger partial charge in [-0.05, 0) is 43.6 Å². The van der Waals surface area contributed by atoms with Crippen molar-refractivity contribution in [1.82, 2.24) is 4.90 Å². The molecule has 0 radical (unpaired) electrons. The topological polar surface area (TPSA) is 47.7 Å². The summed E-state index contributed by atoms with van der Waals surface area (Å²) in [6, 6.07) is 3.64. The standard InChI is InChI=1S/C13H17FN2O2/c1-16-6-8(5-15)2-11(16)9-3-10(14)13-12(4-9)17-7-18-13/h3-4,8,11H,2,5-7,15H2,1H3. The van der Waals surface area contributed by atoms with Crippen LogP contribution in [0.4, 0.5) is 4.39 Å². The molecule has 0 saturated carbocycles. The van der Waals surface area contributed by atoms with Crippen LogP contribution in [0, 0.1) is 11.7 Å². The zero-order valence-corrected chi connectivity index (χ0v) is 10.4. The molecular formula is C13H17FN2O2. The molecule has 98 valence electrons. The molecule has 1 fully saturated rings. The molecule has 2 unspecified atom stereocenters. The average Bonchev–Trinajstić information content (AvgIpc) is 2.95. The first-order valence-corrected chi connectivity index (χ1v) is 6.18. The number of benzene rings is 1. The molecule has 0 aromatic heterocycles. The van der Waals surface area contributed by atoms with Gasteiger partial charge in [-0.15, -0.1) is 0 Å². The second-order valence-corrected chi connectivity index (χ2v) is 5.03. The van der Waals surface area contributed by atoms with Crippen molar-refractivity contribution >= 4 is 0 Å². The van der Waals surface area contributed by atoms with Crippen LogP contribution in [0.3, 0.4) is 0 Å². The molecule has 0 spiro atoms. The van der Waals surface area contributed by atoms with Gasteiger partial charge in [-0.2, -0.15) is 0 Å². The zero-order valence-electron chi connectivity index (χ0n) is 10.4. The minimum atomic E-state index is -0.343. The first-order valence-electron chi connectivity index (χ1n) is 6.18. The second-order valence-electron chi connectivity index (χ2n) is 5.03. The van der Waals surface area contributed by atoms with Gasteiger partial charge in [0, 0.05) is 12.6 Å². The average molecular weight is 252 g/mol. The van der Waals surface area contributed by atoms with Crippen molar-refractivity contribution in [1.29, 1.82) is 0 Å². The van der Waals surface area contributed by atoms with E-state index in [0.717, 1.165) is 18.5 Å². The van der Waals surface area contributed by atoms with E-state index in [1.807, 2.05) is 13.1 Å².